The molecule has 0 spiro atoms. The van der Waals surface area contributed by atoms with Gasteiger partial charge in [-0.25, -0.2) is 4.68 Å². The summed E-state index contributed by atoms with van der Waals surface area (Å²) in [4.78, 5) is 26.5. The third-order valence-electron chi connectivity index (χ3n) is 5.93. The van der Waals surface area contributed by atoms with Crippen molar-refractivity contribution in [3.05, 3.63) is 11.9 Å². The average Bonchev–Trinajstić information content (AvgIpc) is 3.36. The third kappa shape index (κ3) is 5.06. The first-order valence-corrected chi connectivity index (χ1v) is 10.3. The average molecular weight is 377 g/mol. The molecule has 1 saturated carbocycles. The molecule has 1 aliphatic heterocycles. The number of hydrogen-bond acceptors (Lipinski definition) is 5. The van der Waals surface area contributed by atoms with Crippen LogP contribution in [0.15, 0.2) is 6.20 Å². The molecule has 2 heterocycles. The summed E-state index contributed by atoms with van der Waals surface area (Å²) in [6.45, 7) is 3.63. The van der Waals surface area contributed by atoms with E-state index in [1.807, 2.05) is 6.20 Å². The summed E-state index contributed by atoms with van der Waals surface area (Å²) in [6.07, 6.45) is 10.7. The van der Waals surface area contributed by atoms with Gasteiger partial charge >= 0.3 is 11.8 Å². The molecule has 150 valence electrons. The number of nitrogens with zero attached hydrogens (tertiary/aromatic N) is 4. The topological polar surface area (TPSA) is 106 Å². The van der Waals surface area contributed by atoms with Crippen LogP contribution in [0.25, 0.3) is 0 Å². The number of nitrogens with two attached hydrogens (primary N) is 1. The molecule has 0 radical (unpaired) electrons. The number of aromatic nitrogens is 3. The van der Waals surface area contributed by atoms with Gasteiger partial charge in [0.1, 0.15) is 0 Å². The number of carbonyl (C=O) groups excluding carboxylic acids is 2. The van der Waals surface area contributed by atoms with Crippen molar-refractivity contribution in [1.82, 2.24) is 25.2 Å². The normalized spacial score (nSPS) is 25.6. The van der Waals surface area contributed by atoms with E-state index in [1.54, 1.807) is 9.58 Å². The fraction of sp³-hybridized carbons (Fsp3) is 0.789. The Morgan fingerprint density at radius 1 is 1.26 bits per heavy atom. The van der Waals surface area contributed by atoms with Crippen molar-refractivity contribution in [1.29, 1.82) is 0 Å². The summed E-state index contributed by atoms with van der Waals surface area (Å²) < 4.78 is 1.75. The first-order valence-electron chi connectivity index (χ1n) is 10.3. The van der Waals surface area contributed by atoms with Gasteiger partial charge in [-0.15, -0.1) is 5.10 Å². The zero-order valence-corrected chi connectivity index (χ0v) is 16.3. The van der Waals surface area contributed by atoms with Crippen molar-refractivity contribution in [3.8, 4) is 0 Å². The van der Waals surface area contributed by atoms with Gasteiger partial charge in [0.15, 0.2) is 0 Å². The minimum Gasteiger partial charge on any atom is -0.345 e. The highest BCUT2D eigenvalue weighted by molar-refractivity contribution is 6.35. The van der Waals surface area contributed by atoms with Gasteiger partial charge in [0.25, 0.3) is 0 Å². The highest BCUT2D eigenvalue weighted by Crippen LogP contribution is 2.28. The van der Waals surface area contributed by atoms with Crippen LogP contribution in [0, 0.1) is 5.92 Å². The molecular formula is C19H32N6O2. The Kier molecular flexibility index (Phi) is 6.82. The molecule has 0 aromatic carbocycles. The van der Waals surface area contributed by atoms with E-state index in [9.17, 15) is 9.59 Å². The van der Waals surface area contributed by atoms with Crippen LogP contribution in [0.2, 0.25) is 0 Å². The number of hydrogen-bond donors (Lipinski definition) is 2. The first-order chi connectivity index (χ1) is 13.1. The maximum absolute atomic E-state index is 12.5. The Morgan fingerprint density at radius 3 is 2.70 bits per heavy atom. The van der Waals surface area contributed by atoms with Crippen molar-refractivity contribution in [2.75, 3.05) is 13.1 Å². The first kappa shape index (κ1) is 19.8. The summed E-state index contributed by atoms with van der Waals surface area (Å²) >= 11 is 0. The summed E-state index contributed by atoms with van der Waals surface area (Å²) in [6, 6.07) is 0.198. The lowest BCUT2D eigenvalue weighted by atomic mass is 9.83. The van der Waals surface area contributed by atoms with Crippen molar-refractivity contribution in [2.24, 2.45) is 11.7 Å². The zero-order valence-electron chi connectivity index (χ0n) is 16.3. The van der Waals surface area contributed by atoms with Crippen molar-refractivity contribution in [3.63, 3.8) is 0 Å². The summed E-state index contributed by atoms with van der Waals surface area (Å²) in [7, 11) is 0. The molecular weight excluding hydrogens is 344 g/mol. The Hall–Kier alpha value is -1.96. The number of nitrogens with one attached hydrogen (secondary N) is 1. The lowest BCUT2D eigenvalue weighted by Crippen LogP contribution is -2.46. The largest absolute Gasteiger partial charge is 0.345 e. The minimum atomic E-state index is -0.464. The predicted molar refractivity (Wildman–Crippen MR) is 102 cm³/mol. The van der Waals surface area contributed by atoms with E-state index in [4.69, 9.17) is 5.73 Å². The molecule has 2 aliphatic rings. The van der Waals surface area contributed by atoms with Crippen LogP contribution in [0.1, 0.15) is 70.0 Å². The number of carbonyl (C=O) groups is 2. The van der Waals surface area contributed by atoms with Gasteiger partial charge in [-0.2, -0.15) is 0 Å². The molecule has 1 aromatic rings. The fourth-order valence-corrected chi connectivity index (χ4v) is 4.21. The van der Waals surface area contributed by atoms with Gasteiger partial charge < -0.3 is 16.0 Å². The molecule has 8 nitrogen and oxygen atoms in total. The SMILES string of the molecule is CCCCC1CCC(NC(=O)C(=O)N2CCC(n3cc(CN)nn3)C2)CC1. The molecule has 2 amide bonds. The number of likely N-dealkylation sites (tertiary alicyclic amines) is 1. The number of rotatable bonds is 6. The van der Waals surface area contributed by atoms with E-state index in [1.165, 1.54) is 19.3 Å². The van der Waals surface area contributed by atoms with Gasteiger partial charge in [-0.05, 0) is 38.0 Å². The van der Waals surface area contributed by atoms with Gasteiger partial charge in [0, 0.05) is 25.7 Å². The quantitative estimate of drug-likeness (QED) is 0.730. The van der Waals surface area contributed by atoms with E-state index in [0.29, 0.717) is 19.6 Å². The van der Waals surface area contributed by atoms with Crippen LogP contribution in [-0.2, 0) is 16.1 Å². The Bertz CT molecular complexity index is 638. The third-order valence-corrected chi connectivity index (χ3v) is 5.93. The maximum atomic E-state index is 12.5. The van der Waals surface area contributed by atoms with Crippen molar-refractivity contribution < 1.29 is 9.59 Å². The second-order valence-corrected chi connectivity index (χ2v) is 7.92. The van der Waals surface area contributed by atoms with Crippen molar-refractivity contribution in [2.45, 2.75) is 76.9 Å². The lowest BCUT2D eigenvalue weighted by molar-refractivity contribution is -0.145. The second kappa shape index (κ2) is 9.30. The van der Waals surface area contributed by atoms with E-state index in [0.717, 1.165) is 43.7 Å². The second-order valence-electron chi connectivity index (χ2n) is 7.92. The minimum absolute atomic E-state index is 0.0588. The lowest BCUT2D eigenvalue weighted by Gasteiger charge is -2.29. The van der Waals surface area contributed by atoms with E-state index < -0.39 is 11.8 Å². The maximum Gasteiger partial charge on any atom is 0.311 e. The summed E-state index contributed by atoms with van der Waals surface area (Å²) in [5.41, 5.74) is 6.29. The van der Waals surface area contributed by atoms with Crippen LogP contribution in [0.3, 0.4) is 0 Å². The molecule has 27 heavy (non-hydrogen) atoms. The molecule has 1 atom stereocenters. The molecule has 2 fully saturated rings. The van der Waals surface area contributed by atoms with Gasteiger partial charge in [-0.1, -0.05) is 31.4 Å². The van der Waals surface area contributed by atoms with Crippen LogP contribution >= 0.6 is 0 Å². The molecule has 1 aromatic heterocycles. The van der Waals surface area contributed by atoms with Crippen LogP contribution < -0.4 is 11.1 Å². The highest BCUT2D eigenvalue weighted by Gasteiger charge is 2.33. The van der Waals surface area contributed by atoms with E-state index >= 15 is 0 Å². The van der Waals surface area contributed by atoms with Crippen molar-refractivity contribution >= 4 is 11.8 Å². The monoisotopic (exact) mass is 376 g/mol. The van der Waals surface area contributed by atoms with E-state index in [-0.39, 0.29) is 12.1 Å². The predicted octanol–water partition coefficient (Wildman–Crippen LogP) is 1.38. The Morgan fingerprint density at radius 2 is 2.04 bits per heavy atom. The van der Waals surface area contributed by atoms with Crippen LogP contribution in [0.4, 0.5) is 0 Å². The van der Waals surface area contributed by atoms with Crippen LogP contribution in [0.5, 0.6) is 0 Å². The smallest absolute Gasteiger partial charge is 0.311 e. The highest BCUT2D eigenvalue weighted by atomic mass is 16.2. The molecule has 8 heteroatoms. The molecule has 3 rings (SSSR count). The summed E-state index contributed by atoms with van der Waals surface area (Å²) in [5.74, 6) is -0.104. The fourth-order valence-electron chi connectivity index (χ4n) is 4.21. The molecule has 1 unspecified atom stereocenters. The van der Waals surface area contributed by atoms with Gasteiger partial charge in [0.05, 0.1) is 17.9 Å². The number of unbranched alkanes of at least 4 members (excludes halogenated alkanes) is 1. The zero-order chi connectivity index (χ0) is 19.2. The molecule has 0 bridgehead atoms. The Balaban J connectivity index is 1.43. The molecule has 1 saturated heterocycles. The number of amides is 2. The standard InChI is InChI=1S/C19H32N6O2/c1-2-3-4-14-5-7-15(8-6-14)21-18(26)19(27)24-10-9-17(13-24)25-12-16(11-20)22-23-25/h12,14-15,17H,2-11,13,20H2,1H3,(H,21,26). The van der Waals surface area contributed by atoms with Gasteiger partial charge in [-0.3, -0.25) is 9.59 Å². The van der Waals surface area contributed by atoms with E-state index in [2.05, 4.69) is 22.6 Å². The summed E-state index contributed by atoms with van der Waals surface area (Å²) in [5, 5.41) is 11.0. The van der Waals surface area contributed by atoms with Crippen LogP contribution in [-0.4, -0.2) is 50.8 Å². The Labute approximate surface area is 160 Å². The molecule has 1 aliphatic carbocycles. The van der Waals surface area contributed by atoms with Gasteiger partial charge in [0.2, 0.25) is 0 Å². The molecule has 3 N–H and O–H groups in total.